The second kappa shape index (κ2) is 12.3. The first-order chi connectivity index (χ1) is 19.1. The van der Waals surface area contributed by atoms with Crippen molar-refractivity contribution in [3.63, 3.8) is 0 Å². The second-order valence-corrected chi connectivity index (χ2v) is 11.3. The third-order valence-electron chi connectivity index (χ3n) is 8.38. The molecule has 0 bridgehead atoms. The van der Waals surface area contributed by atoms with Crippen LogP contribution in [0, 0.1) is 5.41 Å². The predicted octanol–water partition coefficient (Wildman–Crippen LogP) is 1.70. The van der Waals surface area contributed by atoms with Crippen molar-refractivity contribution in [2.24, 2.45) is 17.0 Å². The Labute approximate surface area is 235 Å². The van der Waals surface area contributed by atoms with Crippen LogP contribution in [0.4, 0.5) is 5.82 Å². The molecule has 4 rings (SSSR count). The zero-order valence-corrected chi connectivity index (χ0v) is 24.0. The van der Waals surface area contributed by atoms with Crippen molar-refractivity contribution < 1.29 is 19.1 Å². The summed E-state index contributed by atoms with van der Waals surface area (Å²) in [6.45, 7) is 3.00. The molecule has 1 aromatic rings. The number of hydrogen-bond acceptors (Lipinski definition) is 11. The van der Waals surface area contributed by atoms with Gasteiger partial charge in [0.2, 0.25) is 5.88 Å². The maximum atomic E-state index is 13.7. The number of ether oxygens (including phenoxy) is 1. The summed E-state index contributed by atoms with van der Waals surface area (Å²) in [5, 5.41) is 2.99. The number of ketones is 2. The molecule has 2 saturated carbocycles. The van der Waals surface area contributed by atoms with Gasteiger partial charge < -0.3 is 26.1 Å². The number of nitrogens with two attached hydrogens (primary N) is 2. The highest BCUT2D eigenvalue weighted by Crippen LogP contribution is 2.45. The number of likely N-dealkylation sites (N-methyl/N-ethyl adjacent to an activating group) is 2. The zero-order valence-electron chi connectivity index (χ0n) is 24.0. The summed E-state index contributed by atoms with van der Waals surface area (Å²) in [5.74, 6) is 5.76. The van der Waals surface area contributed by atoms with Crippen LogP contribution in [0.3, 0.4) is 0 Å². The molecule has 2 heterocycles. The minimum absolute atomic E-state index is 0.0149. The van der Waals surface area contributed by atoms with Crippen molar-refractivity contribution >= 4 is 29.0 Å². The number of nitrogens with one attached hydrogen (secondary N) is 2. The number of allylic oxidation sites excluding steroid dienone is 1. The zero-order chi connectivity index (χ0) is 29.0. The van der Waals surface area contributed by atoms with Gasteiger partial charge in [0.05, 0.1) is 11.1 Å². The Morgan fingerprint density at radius 2 is 1.95 bits per heavy atom. The van der Waals surface area contributed by atoms with E-state index in [1.165, 1.54) is 11.1 Å². The molecule has 1 aliphatic heterocycles. The Morgan fingerprint density at radius 1 is 1.20 bits per heavy atom. The van der Waals surface area contributed by atoms with E-state index in [0.717, 1.165) is 32.2 Å². The topological polar surface area (TPSA) is 169 Å². The van der Waals surface area contributed by atoms with Gasteiger partial charge in [0, 0.05) is 44.4 Å². The van der Waals surface area contributed by atoms with Crippen LogP contribution >= 0.6 is 0 Å². The van der Waals surface area contributed by atoms with Gasteiger partial charge in [-0.2, -0.15) is 4.98 Å². The molecule has 2 aliphatic carbocycles. The van der Waals surface area contributed by atoms with Crippen LogP contribution in [-0.4, -0.2) is 77.1 Å². The second-order valence-electron chi connectivity index (χ2n) is 11.3. The van der Waals surface area contributed by atoms with Crippen LogP contribution in [0.15, 0.2) is 23.5 Å². The molecule has 1 aromatic heterocycles. The molecule has 0 radical (unpaired) electrons. The summed E-state index contributed by atoms with van der Waals surface area (Å²) in [6.07, 6.45) is 7.71. The average Bonchev–Trinajstić information content (AvgIpc) is 3.37. The number of aromatic nitrogens is 2. The van der Waals surface area contributed by atoms with Gasteiger partial charge in [-0.1, -0.05) is 6.42 Å². The van der Waals surface area contributed by atoms with E-state index in [0.29, 0.717) is 43.5 Å². The normalized spacial score (nSPS) is 26.0. The number of hydrogen-bond donors (Lipinski definition) is 4. The van der Waals surface area contributed by atoms with Crippen LogP contribution in [0.5, 0.6) is 5.88 Å². The van der Waals surface area contributed by atoms with Gasteiger partial charge in [0.25, 0.3) is 5.91 Å². The minimum atomic E-state index is -0.982. The Hall–Kier alpha value is -3.51. The van der Waals surface area contributed by atoms with Crippen LogP contribution in [-0.2, 0) is 14.4 Å². The van der Waals surface area contributed by atoms with E-state index in [1.54, 1.807) is 20.2 Å². The van der Waals surface area contributed by atoms with Gasteiger partial charge in [0.1, 0.15) is 23.4 Å². The maximum Gasteiger partial charge on any atom is 0.272 e. The lowest BCUT2D eigenvalue weighted by Gasteiger charge is -2.38. The molecule has 1 spiro atoms. The summed E-state index contributed by atoms with van der Waals surface area (Å²) in [7, 11) is 5.30. The highest BCUT2D eigenvalue weighted by Gasteiger charge is 2.49. The summed E-state index contributed by atoms with van der Waals surface area (Å²) in [6, 6.07) is 1.85. The fraction of sp³-hybridized carbons (Fsp3) is 0.607. The highest BCUT2D eigenvalue weighted by atomic mass is 16.5. The first-order valence-corrected chi connectivity index (χ1v) is 14.1. The molecule has 3 fully saturated rings. The summed E-state index contributed by atoms with van der Waals surface area (Å²) >= 11 is 0. The third-order valence-corrected chi connectivity index (χ3v) is 8.38. The van der Waals surface area contributed by atoms with E-state index in [-0.39, 0.29) is 52.7 Å². The van der Waals surface area contributed by atoms with Crippen LogP contribution in [0.25, 0.3) is 5.70 Å². The number of likely N-dealkylation sites (tertiary alicyclic amines) is 1. The number of anilines is 1. The van der Waals surface area contributed by atoms with E-state index in [2.05, 4.69) is 32.7 Å². The Morgan fingerprint density at radius 3 is 2.60 bits per heavy atom. The lowest BCUT2D eigenvalue weighted by atomic mass is 9.62. The van der Waals surface area contributed by atoms with Crippen LogP contribution in [0.2, 0.25) is 0 Å². The average molecular weight is 555 g/mol. The molecule has 3 atom stereocenters. The van der Waals surface area contributed by atoms with Gasteiger partial charge in [-0.05, 0) is 65.5 Å². The van der Waals surface area contributed by atoms with Gasteiger partial charge in [0.15, 0.2) is 11.6 Å². The minimum Gasteiger partial charge on any atom is -0.473 e. The number of Topliss-reactive ketones (excluding diaryl/α,β-unsaturated/α-hetero) is 2. The number of hydrazine groups is 1. The van der Waals surface area contributed by atoms with E-state index < -0.39 is 5.41 Å². The Kier molecular flexibility index (Phi) is 9.09. The van der Waals surface area contributed by atoms with E-state index in [4.69, 9.17) is 16.3 Å². The summed E-state index contributed by atoms with van der Waals surface area (Å²) < 4.78 is 6.27. The third kappa shape index (κ3) is 5.97. The molecule has 218 valence electrons. The Bertz CT molecular complexity index is 1210. The van der Waals surface area contributed by atoms with Crippen molar-refractivity contribution in [3.05, 3.63) is 29.4 Å². The van der Waals surface area contributed by atoms with Gasteiger partial charge in [-0.25, -0.2) is 4.98 Å². The number of amides is 1. The van der Waals surface area contributed by atoms with E-state index in [9.17, 15) is 14.4 Å². The summed E-state index contributed by atoms with van der Waals surface area (Å²) in [5.41, 5.74) is 8.67. The Balaban J connectivity index is 1.71. The molecular formula is C28H42N8O4. The smallest absolute Gasteiger partial charge is 0.272 e. The molecule has 40 heavy (non-hydrogen) atoms. The van der Waals surface area contributed by atoms with Crippen molar-refractivity contribution in [3.8, 4) is 5.88 Å². The number of carbonyl (C=O) groups excluding carboxylic acids is 3. The highest BCUT2D eigenvalue weighted by molar-refractivity contribution is 6.17. The van der Waals surface area contributed by atoms with E-state index >= 15 is 0 Å². The van der Waals surface area contributed by atoms with Crippen molar-refractivity contribution in [2.45, 2.75) is 76.9 Å². The molecule has 12 heteroatoms. The first-order valence-electron chi connectivity index (χ1n) is 14.1. The maximum absolute atomic E-state index is 13.7. The molecule has 1 saturated heterocycles. The lowest BCUT2D eigenvalue weighted by molar-refractivity contribution is -0.143. The number of nitrogens with zero attached hydrogens (tertiary/aromatic N) is 4. The fourth-order valence-electron chi connectivity index (χ4n) is 6.10. The molecule has 3 aliphatic rings. The van der Waals surface area contributed by atoms with Crippen molar-refractivity contribution in [1.82, 2.24) is 25.2 Å². The quantitative estimate of drug-likeness (QED) is 0.160. The van der Waals surface area contributed by atoms with Gasteiger partial charge in [-0.15, -0.1) is 0 Å². The molecule has 6 N–H and O–H groups in total. The van der Waals surface area contributed by atoms with Gasteiger partial charge in [-0.3, -0.25) is 25.1 Å². The number of carbonyl (C=O) groups is 3. The van der Waals surface area contributed by atoms with Crippen LogP contribution in [0.1, 0.15) is 70.5 Å². The fourth-order valence-corrected chi connectivity index (χ4v) is 6.10. The lowest BCUT2D eigenvalue weighted by Crippen LogP contribution is -2.45. The molecule has 0 aromatic carbocycles. The van der Waals surface area contributed by atoms with Crippen LogP contribution < -0.4 is 27.1 Å². The van der Waals surface area contributed by atoms with E-state index in [1.807, 2.05) is 6.92 Å². The van der Waals surface area contributed by atoms with Crippen molar-refractivity contribution in [1.29, 1.82) is 0 Å². The monoisotopic (exact) mass is 554 g/mol. The summed E-state index contributed by atoms with van der Waals surface area (Å²) in [4.78, 5) is 51.9. The molecule has 1 amide bonds. The first kappa shape index (κ1) is 29.5. The molecule has 12 nitrogen and oxygen atoms in total. The predicted molar refractivity (Wildman–Crippen MR) is 151 cm³/mol. The molecule has 1 unspecified atom stereocenters. The molecular weight excluding hydrogens is 512 g/mol. The standard InChI is InChI=1S/C28H42N8O4/c1-17(20-10-8-14-36(20)4)40-23-15-22(31-16-19(34-30)27(39)35(2)3)32-26(33-23)24(29)18-9-7-13-28(25(18)38)12-6-5-11-21(28)37/h15-17,20,34H,5-14,29-30H2,1-4H3,(H,31,32,33)/b19-16-,24-18-/t17-,20?,28+/m0/s1. The van der Waals surface area contributed by atoms with Crippen molar-refractivity contribution in [2.75, 3.05) is 33.0 Å². The SMILES string of the molecule is C[C@H](Oc1cc(N/C=C(\NN)C(=O)N(C)C)nc(/C(N)=C2\CCC[C@@]3(CCCCC3=O)C2=O)n1)C1CCCN1C. The van der Waals surface area contributed by atoms with Gasteiger partial charge >= 0.3 is 0 Å². The number of rotatable bonds is 8. The largest absolute Gasteiger partial charge is 0.473 e.